The van der Waals surface area contributed by atoms with E-state index in [1.54, 1.807) is 35.6 Å². The number of nitrogens with zero attached hydrogens (tertiary/aromatic N) is 3. The van der Waals surface area contributed by atoms with Crippen LogP contribution in [0, 0.1) is 0 Å². The lowest BCUT2D eigenvalue weighted by atomic mass is 10.1. The molecule has 0 spiro atoms. The average molecular weight is 378 g/mol. The highest BCUT2D eigenvalue weighted by Gasteiger charge is 2.29. The smallest absolute Gasteiger partial charge is 0.254 e. The summed E-state index contributed by atoms with van der Waals surface area (Å²) in [6.07, 6.45) is 4.48. The zero-order chi connectivity index (χ0) is 18.7. The minimum Gasteiger partial charge on any atom is -0.494 e. The van der Waals surface area contributed by atoms with Gasteiger partial charge in [0.1, 0.15) is 5.75 Å². The molecule has 8 nitrogen and oxygen atoms in total. The molecule has 0 aliphatic carbocycles. The Morgan fingerprint density at radius 3 is 2.96 bits per heavy atom. The number of carbonyl (C=O) groups excluding carboxylic acids is 1. The molecule has 1 atom stereocenters. The van der Waals surface area contributed by atoms with Gasteiger partial charge in [-0.25, -0.2) is 18.1 Å². The molecule has 3 rings (SSSR count). The van der Waals surface area contributed by atoms with Gasteiger partial charge in [-0.3, -0.25) is 4.79 Å². The number of fused-ring (bicyclic) bond motifs is 1. The van der Waals surface area contributed by atoms with Gasteiger partial charge in [-0.15, -0.1) is 0 Å². The molecule has 1 aliphatic heterocycles. The molecule has 0 saturated carbocycles. The van der Waals surface area contributed by atoms with Crippen LogP contribution in [0.2, 0.25) is 0 Å². The lowest BCUT2D eigenvalue weighted by Gasteiger charge is -2.34. The molecule has 0 saturated heterocycles. The summed E-state index contributed by atoms with van der Waals surface area (Å²) in [7, 11) is -3.31. The first kappa shape index (κ1) is 18.4. The molecule has 1 aliphatic rings. The molecule has 0 unspecified atom stereocenters. The van der Waals surface area contributed by atoms with Crippen LogP contribution in [-0.4, -0.2) is 54.7 Å². The van der Waals surface area contributed by atoms with Gasteiger partial charge in [-0.1, -0.05) is 6.07 Å². The van der Waals surface area contributed by atoms with Crippen LogP contribution < -0.4 is 9.46 Å². The second kappa shape index (κ2) is 7.46. The van der Waals surface area contributed by atoms with E-state index in [2.05, 4.69) is 9.71 Å². The molecule has 1 N–H and O–H groups in total. The monoisotopic (exact) mass is 378 g/mol. The maximum atomic E-state index is 12.9. The SMILES string of the molecule is CCOc1cccc(C(=O)N2Cc3cncn3[C@@H](CNS(C)(=O)=O)C2)c1. The highest BCUT2D eigenvalue weighted by atomic mass is 32.2. The molecule has 2 heterocycles. The Bertz CT molecular complexity index is 894. The van der Waals surface area contributed by atoms with Crippen molar-refractivity contribution >= 4 is 15.9 Å². The highest BCUT2D eigenvalue weighted by molar-refractivity contribution is 7.88. The molecule has 1 aromatic heterocycles. The van der Waals surface area contributed by atoms with Crippen LogP contribution in [0.3, 0.4) is 0 Å². The van der Waals surface area contributed by atoms with E-state index in [1.807, 2.05) is 17.6 Å². The summed E-state index contributed by atoms with van der Waals surface area (Å²) in [5, 5.41) is 0. The van der Waals surface area contributed by atoms with Crippen molar-refractivity contribution in [2.24, 2.45) is 0 Å². The number of benzene rings is 1. The van der Waals surface area contributed by atoms with Gasteiger partial charge in [0.15, 0.2) is 0 Å². The normalized spacial score (nSPS) is 17.0. The van der Waals surface area contributed by atoms with Crippen molar-refractivity contribution in [3.8, 4) is 5.75 Å². The summed E-state index contributed by atoms with van der Waals surface area (Å²) in [4.78, 5) is 18.8. The third kappa shape index (κ3) is 4.23. The second-order valence-electron chi connectivity index (χ2n) is 6.21. The largest absolute Gasteiger partial charge is 0.494 e. The fourth-order valence-corrected chi connectivity index (χ4v) is 3.51. The van der Waals surface area contributed by atoms with Crippen molar-refractivity contribution in [3.63, 3.8) is 0 Å². The number of hydrogen-bond acceptors (Lipinski definition) is 5. The number of ether oxygens (including phenoxy) is 1. The Labute approximate surface area is 152 Å². The van der Waals surface area contributed by atoms with Crippen LogP contribution >= 0.6 is 0 Å². The standard InChI is InChI=1S/C17H22N4O4S/c1-3-25-16-6-4-5-13(7-16)17(22)20-10-14-8-18-12-21(14)15(11-20)9-19-26(2,23)24/h4-8,12,15,19H,3,9-11H2,1-2H3/t15-/m0/s1. The Kier molecular flexibility index (Phi) is 5.28. The molecule has 2 aromatic rings. The van der Waals surface area contributed by atoms with Gasteiger partial charge in [-0.05, 0) is 25.1 Å². The lowest BCUT2D eigenvalue weighted by Crippen LogP contribution is -2.44. The predicted octanol–water partition coefficient (Wildman–Crippen LogP) is 1.03. The Hall–Kier alpha value is -2.39. The number of aromatic nitrogens is 2. The van der Waals surface area contributed by atoms with E-state index in [0.717, 1.165) is 11.9 Å². The van der Waals surface area contributed by atoms with Crippen molar-refractivity contribution in [1.29, 1.82) is 0 Å². The van der Waals surface area contributed by atoms with Crippen molar-refractivity contribution in [3.05, 3.63) is 48.0 Å². The summed E-state index contributed by atoms with van der Waals surface area (Å²) >= 11 is 0. The van der Waals surface area contributed by atoms with Crippen molar-refractivity contribution in [2.75, 3.05) is 26.0 Å². The van der Waals surface area contributed by atoms with Gasteiger partial charge in [-0.2, -0.15) is 0 Å². The summed E-state index contributed by atoms with van der Waals surface area (Å²) in [6.45, 7) is 3.43. The topological polar surface area (TPSA) is 93.5 Å². The van der Waals surface area contributed by atoms with Crippen LogP contribution in [0.4, 0.5) is 0 Å². The fourth-order valence-electron chi connectivity index (χ4n) is 3.02. The number of hydrogen-bond donors (Lipinski definition) is 1. The van der Waals surface area contributed by atoms with Crippen molar-refractivity contribution in [1.82, 2.24) is 19.2 Å². The second-order valence-corrected chi connectivity index (χ2v) is 8.05. The number of sulfonamides is 1. The predicted molar refractivity (Wildman–Crippen MR) is 96.5 cm³/mol. The first-order chi connectivity index (χ1) is 12.4. The van der Waals surface area contributed by atoms with Crippen LogP contribution in [-0.2, 0) is 16.6 Å². The molecule has 0 radical (unpaired) electrons. The Balaban J connectivity index is 1.80. The maximum absolute atomic E-state index is 12.9. The molecule has 1 amide bonds. The summed E-state index contributed by atoms with van der Waals surface area (Å²) in [5.74, 6) is 0.527. The average Bonchev–Trinajstić information content (AvgIpc) is 3.07. The van der Waals surface area contributed by atoms with Gasteiger partial charge in [0.2, 0.25) is 10.0 Å². The summed E-state index contributed by atoms with van der Waals surface area (Å²) in [6, 6.07) is 6.86. The number of rotatable bonds is 6. The van der Waals surface area contributed by atoms with E-state index in [4.69, 9.17) is 4.74 Å². The van der Waals surface area contributed by atoms with Gasteiger partial charge in [0, 0.05) is 24.8 Å². The molecular weight excluding hydrogens is 356 g/mol. The summed E-state index contributed by atoms with van der Waals surface area (Å²) in [5.41, 5.74) is 1.41. The molecule has 140 valence electrons. The zero-order valence-corrected chi connectivity index (χ0v) is 15.6. The third-order valence-electron chi connectivity index (χ3n) is 4.18. The van der Waals surface area contributed by atoms with Gasteiger partial charge in [0.05, 0.1) is 37.5 Å². The van der Waals surface area contributed by atoms with E-state index in [1.165, 1.54) is 0 Å². The molecule has 0 bridgehead atoms. The minimum absolute atomic E-state index is 0.122. The Morgan fingerprint density at radius 2 is 2.23 bits per heavy atom. The van der Waals surface area contributed by atoms with Gasteiger partial charge in [0.25, 0.3) is 5.91 Å². The van der Waals surface area contributed by atoms with Crippen LogP contribution in [0.1, 0.15) is 29.0 Å². The third-order valence-corrected chi connectivity index (χ3v) is 4.88. The van der Waals surface area contributed by atoms with E-state index < -0.39 is 10.0 Å². The fraction of sp³-hybridized carbons (Fsp3) is 0.412. The highest BCUT2D eigenvalue weighted by Crippen LogP contribution is 2.23. The van der Waals surface area contributed by atoms with E-state index in [0.29, 0.717) is 31.0 Å². The number of nitrogens with one attached hydrogen (secondary N) is 1. The first-order valence-electron chi connectivity index (χ1n) is 8.35. The van der Waals surface area contributed by atoms with E-state index >= 15 is 0 Å². The van der Waals surface area contributed by atoms with Crippen LogP contribution in [0.5, 0.6) is 5.75 Å². The summed E-state index contributed by atoms with van der Waals surface area (Å²) < 4.78 is 32.8. The minimum atomic E-state index is -3.31. The number of carbonyl (C=O) groups is 1. The van der Waals surface area contributed by atoms with Crippen molar-refractivity contribution in [2.45, 2.75) is 19.5 Å². The van der Waals surface area contributed by atoms with E-state index in [-0.39, 0.29) is 18.5 Å². The van der Waals surface area contributed by atoms with Crippen LogP contribution in [0.15, 0.2) is 36.8 Å². The molecular formula is C17H22N4O4S. The molecule has 0 fully saturated rings. The molecule has 1 aromatic carbocycles. The number of imidazole rings is 1. The number of amides is 1. The van der Waals surface area contributed by atoms with Gasteiger partial charge >= 0.3 is 0 Å². The first-order valence-corrected chi connectivity index (χ1v) is 10.2. The van der Waals surface area contributed by atoms with Crippen LogP contribution in [0.25, 0.3) is 0 Å². The zero-order valence-electron chi connectivity index (χ0n) is 14.8. The molecule has 26 heavy (non-hydrogen) atoms. The molecule has 9 heteroatoms. The van der Waals surface area contributed by atoms with Gasteiger partial charge < -0.3 is 14.2 Å². The maximum Gasteiger partial charge on any atom is 0.254 e. The Morgan fingerprint density at radius 1 is 1.42 bits per heavy atom. The lowest BCUT2D eigenvalue weighted by molar-refractivity contribution is 0.0680. The van der Waals surface area contributed by atoms with Crippen molar-refractivity contribution < 1.29 is 17.9 Å². The quantitative estimate of drug-likeness (QED) is 0.810. The van der Waals surface area contributed by atoms with E-state index in [9.17, 15) is 13.2 Å².